The lowest BCUT2D eigenvalue weighted by molar-refractivity contribution is 0.277. The lowest BCUT2D eigenvalue weighted by Crippen LogP contribution is -2.47. The first-order valence-corrected chi connectivity index (χ1v) is 7.43. The Morgan fingerprint density at radius 2 is 1.74 bits per heavy atom. The van der Waals surface area contributed by atoms with Crippen molar-refractivity contribution >= 4 is 0 Å². The van der Waals surface area contributed by atoms with Crippen LogP contribution < -0.4 is 5.32 Å². The molecule has 1 rings (SSSR count). The summed E-state index contributed by atoms with van der Waals surface area (Å²) in [6.45, 7) is 9.67. The van der Waals surface area contributed by atoms with Gasteiger partial charge in [0.1, 0.15) is 0 Å². The summed E-state index contributed by atoms with van der Waals surface area (Å²) in [5.41, 5.74) is 1.62. The molecule has 0 fully saturated rings. The van der Waals surface area contributed by atoms with Crippen LogP contribution in [0.25, 0.3) is 0 Å². The molecule has 0 spiro atoms. The average molecular weight is 257 g/mol. The first-order chi connectivity index (χ1) is 9.25. The Kier molecular flexibility index (Phi) is 6.67. The lowest BCUT2D eigenvalue weighted by atomic mass is 9.69. The fourth-order valence-electron chi connectivity index (χ4n) is 3.04. The van der Waals surface area contributed by atoms with E-state index in [1.807, 2.05) is 6.92 Å². The van der Waals surface area contributed by atoms with Crippen molar-refractivity contribution in [3.63, 3.8) is 0 Å². The number of nitrogens with one attached hydrogen (secondary N) is 1. The van der Waals surface area contributed by atoms with Crippen LogP contribution in [0.15, 0.2) is 30.3 Å². The number of hydrogen-bond donors (Lipinski definition) is 1. The summed E-state index contributed by atoms with van der Waals surface area (Å²) in [5.74, 6) is 6.30. The molecule has 1 nitrogen and oxygen atoms in total. The Bertz CT molecular complexity index is 406. The van der Waals surface area contributed by atoms with E-state index >= 15 is 0 Å². The summed E-state index contributed by atoms with van der Waals surface area (Å²) in [6, 6.07) is 11.3. The molecular formula is C18H27N. The van der Waals surface area contributed by atoms with E-state index in [9.17, 15) is 0 Å². The summed E-state index contributed by atoms with van der Waals surface area (Å²) in [7, 11) is 0. The maximum atomic E-state index is 3.66. The van der Waals surface area contributed by atoms with Crippen molar-refractivity contribution in [3.05, 3.63) is 35.9 Å². The van der Waals surface area contributed by atoms with Crippen LogP contribution in [0.5, 0.6) is 0 Å². The second kappa shape index (κ2) is 8.02. The van der Waals surface area contributed by atoms with Crippen LogP contribution >= 0.6 is 0 Å². The molecule has 104 valence electrons. The summed E-state index contributed by atoms with van der Waals surface area (Å²) in [4.78, 5) is 0. The van der Waals surface area contributed by atoms with Crippen molar-refractivity contribution in [3.8, 4) is 11.8 Å². The molecule has 0 heterocycles. The van der Waals surface area contributed by atoms with Crippen molar-refractivity contribution < 1.29 is 0 Å². The van der Waals surface area contributed by atoms with Gasteiger partial charge in [-0.2, -0.15) is 0 Å². The Morgan fingerprint density at radius 3 is 2.21 bits per heavy atom. The van der Waals surface area contributed by atoms with Crippen molar-refractivity contribution in [2.75, 3.05) is 6.54 Å². The standard InChI is InChI=1S/C18H27N/c1-5-9-15-17(19-8-4)18(6-2,7-3)16-13-11-10-12-14-16/h10-14,17,19H,6-8,15H2,1-4H3. The average Bonchev–Trinajstić information content (AvgIpc) is 2.47. The third-order valence-corrected chi connectivity index (χ3v) is 4.21. The predicted octanol–water partition coefficient (Wildman–Crippen LogP) is 4.14. The summed E-state index contributed by atoms with van der Waals surface area (Å²) < 4.78 is 0. The molecule has 0 aromatic heterocycles. The molecule has 0 saturated heterocycles. The monoisotopic (exact) mass is 257 g/mol. The van der Waals surface area contributed by atoms with E-state index in [1.54, 1.807) is 0 Å². The van der Waals surface area contributed by atoms with E-state index in [1.165, 1.54) is 5.56 Å². The van der Waals surface area contributed by atoms with Gasteiger partial charge >= 0.3 is 0 Å². The van der Waals surface area contributed by atoms with Crippen molar-refractivity contribution in [2.24, 2.45) is 0 Å². The zero-order valence-electron chi connectivity index (χ0n) is 12.8. The van der Waals surface area contributed by atoms with Gasteiger partial charge in [0.2, 0.25) is 0 Å². The molecule has 19 heavy (non-hydrogen) atoms. The highest BCUT2D eigenvalue weighted by Crippen LogP contribution is 2.36. The molecule has 0 bridgehead atoms. The van der Waals surface area contributed by atoms with Crippen LogP contribution in [0.3, 0.4) is 0 Å². The van der Waals surface area contributed by atoms with Crippen LogP contribution in [-0.4, -0.2) is 12.6 Å². The SMILES string of the molecule is CC#CCC(NCC)C(CC)(CC)c1ccccc1. The van der Waals surface area contributed by atoms with Crippen LogP contribution in [0.2, 0.25) is 0 Å². The maximum Gasteiger partial charge on any atom is 0.0273 e. The Labute approximate surface area is 118 Å². The van der Waals surface area contributed by atoms with Gasteiger partial charge in [0, 0.05) is 17.9 Å². The Morgan fingerprint density at radius 1 is 1.11 bits per heavy atom. The molecule has 1 unspecified atom stereocenters. The number of rotatable bonds is 7. The molecule has 0 saturated carbocycles. The van der Waals surface area contributed by atoms with E-state index < -0.39 is 0 Å². The predicted molar refractivity (Wildman–Crippen MR) is 84.2 cm³/mol. The van der Waals surface area contributed by atoms with E-state index in [0.29, 0.717) is 6.04 Å². The second-order valence-corrected chi connectivity index (χ2v) is 4.97. The zero-order chi connectivity index (χ0) is 14.1. The van der Waals surface area contributed by atoms with E-state index in [0.717, 1.165) is 25.8 Å². The topological polar surface area (TPSA) is 12.0 Å². The Hall–Kier alpha value is -1.26. The van der Waals surface area contributed by atoms with Crippen LogP contribution in [-0.2, 0) is 5.41 Å². The van der Waals surface area contributed by atoms with Crippen LogP contribution in [0.1, 0.15) is 52.5 Å². The minimum atomic E-state index is 0.182. The maximum absolute atomic E-state index is 3.66. The van der Waals surface area contributed by atoms with Crippen molar-refractivity contribution in [1.29, 1.82) is 0 Å². The first-order valence-electron chi connectivity index (χ1n) is 7.43. The van der Waals surface area contributed by atoms with E-state index in [4.69, 9.17) is 0 Å². The smallest absolute Gasteiger partial charge is 0.0273 e. The van der Waals surface area contributed by atoms with Gasteiger partial charge in [-0.25, -0.2) is 0 Å². The molecule has 0 aliphatic rings. The molecule has 1 atom stereocenters. The van der Waals surface area contributed by atoms with Gasteiger partial charge in [-0.1, -0.05) is 51.1 Å². The van der Waals surface area contributed by atoms with Gasteiger partial charge in [0.15, 0.2) is 0 Å². The highest BCUT2D eigenvalue weighted by atomic mass is 14.9. The normalized spacial score (nSPS) is 12.6. The van der Waals surface area contributed by atoms with E-state index in [-0.39, 0.29) is 5.41 Å². The fourth-order valence-corrected chi connectivity index (χ4v) is 3.04. The molecule has 0 amide bonds. The van der Waals surface area contributed by atoms with Gasteiger partial charge in [-0.05, 0) is 31.9 Å². The molecular weight excluding hydrogens is 230 g/mol. The Balaban J connectivity index is 3.16. The minimum absolute atomic E-state index is 0.182. The highest BCUT2D eigenvalue weighted by Gasteiger charge is 2.36. The van der Waals surface area contributed by atoms with Gasteiger partial charge in [-0.3, -0.25) is 0 Å². The van der Waals surface area contributed by atoms with Gasteiger partial charge < -0.3 is 5.32 Å². The molecule has 0 radical (unpaired) electrons. The lowest BCUT2D eigenvalue weighted by Gasteiger charge is -2.40. The molecule has 0 aliphatic heterocycles. The van der Waals surface area contributed by atoms with E-state index in [2.05, 4.69) is 68.3 Å². The third-order valence-electron chi connectivity index (χ3n) is 4.21. The molecule has 1 heteroatoms. The van der Waals surface area contributed by atoms with Gasteiger partial charge in [0.25, 0.3) is 0 Å². The molecule has 0 aliphatic carbocycles. The van der Waals surface area contributed by atoms with Gasteiger partial charge in [-0.15, -0.1) is 11.8 Å². The molecule has 1 aromatic carbocycles. The first kappa shape index (κ1) is 15.8. The van der Waals surface area contributed by atoms with Gasteiger partial charge in [0.05, 0.1) is 0 Å². The quantitative estimate of drug-likeness (QED) is 0.724. The molecule has 1 N–H and O–H groups in total. The second-order valence-electron chi connectivity index (χ2n) is 4.97. The van der Waals surface area contributed by atoms with Crippen molar-refractivity contribution in [1.82, 2.24) is 5.32 Å². The number of hydrogen-bond acceptors (Lipinski definition) is 1. The summed E-state index contributed by atoms with van der Waals surface area (Å²) in [6.07, 6.45) is 3.19. The highest BCUT2D eigenvalue weighted by molar-refractivity contribution is 5.28. The number of likely N-dealkylation sites (N-methyl/N-ethyl adjacent to an activating group) is 1. The largest absolute Gasteiger partial charge is 0.312 e. The number of benzene rings is 1. The zero-order valence-corrected chi connectivity index (χ0v) is 12.8. The third kappa shape index (κ3) is 3.61. The fraction of sp³-hybridized carbons (Fsp3) is 0.556. The van der Waals surface area contributed by atoms with Crippen LogP contribution in [0, 0.1) is 11.8 Å². The summed E-state index contributed by atoms with van der Waals surface area (Å²) >= 11 is 0. The summed E-state index contributed by atoms with van der Waals surface area (Å²) in [5, 5.41) is 3.66. The van der Waals surface area contributed by atoms with Crippen LogP contribution in [0.4, 0.5) is 0 Å². The van der Waals surface area contributed by atoms with Crippen molar-refractivity contribution in [2.45, 2.75) is 58.4 Å². The molecule has 1 aromatic rings. The minimum Gasteiger partial charge on any atom is -0.312 e.